The Bertz CT molecular complexity index is 584. The van der Waals surface area contributed by atoms with Gasteiger partial charge in [0.1, 0.15) is 11.8 Å². The van der Waals surface area contributed by atoms with E-state index in [1.807, 2.05) is 48.5 Å². The van der Waals surface area contributed by atoms with E-state index in [4.69, 9.17) is 4.74 Å². The minimum Gasteiger partial charge on any atom is -0.492 e. The third-order valence-electron chi connectivity index (χ3n) is 3.21. The average molecular weight is 265 g/mol. The van der Waals surface area contributed by atoms with E-state index in [0.717, 1.165) is 30.4 Å². The van der Waals surface area contributed by atoms with Crippen molar-refractivity contribution in [2.24, 2.45) is 0 Å². The van der Waals surface area contributed by atoms with Gasteiger partial charge >= 0.3 is 0 Å². The van der Waals surface area contributed by atoms with Gasteiger partial charge < -0.3 is 4.74 Å². The van der Waals surface area contributed by atoms with Gasteiger partial charge in [0, 0.05) is 5.56 Å². The predicted octanol–water partition coefficient (Wildman–Crippen LogP) is 4.79. The zero-order valence-electron chi connectivity index (χ0n) is 11.8. The van der Waals surface area contributed by atoms with Crippen LogP contribution in [0.15, 0.2) is 48.5 Å². The fourth-order valence-electron chi connectivity index (χ4n) is 2.15. The summed E-state index contributed by atoms with van der Waals surface area (Å²) < 4.78 is 5.89. The summed E-state index contributed by atoms with van der Waals surface area (Å²) in [5, 5.41) is 9.26. The number of nitriles is 1. The number of hydrogen-bond acceptors (Lipinski definition) is 2. The Morgan fingerprint density at radius 2 is 1.80 bits per heavy atom. The molecular formula is C18H19NO. The van der Waals surface area contributed by atoms with Gasteiger partial charge in [-0.1, -0.05) is 62.2 Å². The molecule has 0 saturated heterocycles. The van der Waals surface area contributed by atoms with E-state index in [2.05, 4.69) is 13.0 Å². The zero-order chi connectivity index (χ0) is 14.2. The molecule has 0 radical (unpaired) electrons. The van der Waals surface area contributed by atoms with Crippen LogP contribution in [0, 0.1) is 11.3 Å². The maximum absolute atomic E-state index is 9.26. The lowest BCUT2D eigenvalue weighted by atomic mass is 10.0. The van der Waals surface area contributed by atoms with Crippen molar-refractivity contribution in [1.82, 2.24) is 0 Å². The highest BCUT2D eigenvalue weighted by molar-refractivity contribution is 5.73. The number of ether oxygens (including phenoxy) is 1. The zero-order valence-corrected chi connectivity index (χ0v) is 11.8. The summed E-state index contributed by atoms with van der Waals surface area (Å²) in [5.74, 6) is 0.706. The van der Waals surface area contributed by atoms with Crippen molar-refractivity contribution >= 4 is 0 Å². The van der Waals surface area contributed by atoms with Crippen molar-refractivity contribution in [2.45, 2.75) is 26.2 Å². The number of para-hydroxylation sites is 1. The smallest absolute Gasteiger partial charge is 0.144 e. The van der Waals surface area contributed by atoms with E-state index >= 15 is 0 Å². The first-order chi connectivity index (χ1) is 9.86. The molecule has 0 aliphatic heterocycles. The number of nitrogens with zero attached hydrogens (tertiary/aromatic N) is 1. The van der Waals surface area contributed by atoms with Crippen molar-refractivity contribution in [2.75, 3.05) is 6.61 Å². The lowest BCUT2D eigenvalue weighted by Gasteiger charge is -2.13. The largest absolute Gasteiger partial charge is 0.492 e. The minimum atomic E-state index is 0.600. The Morgan fingerprint density at radius 1 is 1.00 bits per heavy atom. The number of benzene rings is 2. The fraction of sp³-hybridized carbons (Fsp3) is 0.278. The van der Waals surface area contributed by atoms with Crippen molar-refractivity contribution in [1.29, 1.82) is 5.26 Å². The van der Waals surface area contributed by atoms with Crippen molar-refractivity contribution < 1.29 is 4.74 Å². The maximum atomic E-state index is 9.26. The van der Waals surface area contributed by atoms with Gasteiger partial charge in [0.15, 0.2) is 0 Å². The second-order valence-corrected chi connectivity index (χ2v) is 4.72. The van der Waals surface area contributed by atoms with Crippen molar-refractivity contribution in [3.8, 4) is 22.9 Å². The molecule has 0 fully saturated rings. The Kier molecular flexibility index (Phi) is 5.20. The van der Waals surface area contributed by atoms with Crippen LogP contribution >= 0.6 is 0 Å². The summed E-state index contributed by atoms with van der Waals surface area (Å²) in [6.45, 7) is 2.82. The monoisotopic (exact) mass is 265 g/mol. The number of rotatable bonds is 6. The summed E-state index contributed by atoms with van der Waals surface area (Å²) in [7, 11) is 0. The molecule has 20 heavy (non-hydrogen) atoms. The second kappa shape index (κ2) is 7.35. The molecule has 0 N–H and O–H groups in total. The third-order valence-corrected chi connectivity index (χ3v) is 3.21. The van der Waals surface area contributed by atoms with Crippen LogP contribution in [-0.2, 0) is 0 Å². The molecule has 0 spiro atoms. The van der Waals surface area contributed by atoms with Crippen LogP contribution in [0.2, 0.25) is 0 Å². The molecule has 2 heteroatoms. The summed E-state index contributed by atoms with van der Waals surface area (Å²) in [6.07, 6.45) is 3.33. The number of unbranched alkanes of at least 4 members (excludes halogenated alkanes) is 2. The SMILES string of the molecule is CCCCCOc1c(C#N)cccc1-c1ccccc1. The first-order valence-electron chi connectivity index (χ1n) is 7.08. The first kappa shape index (κ1) is 14.1. The highest BCUT2D eigenvalue weighted by atomic mass is 16.5. The van der Waals surface area contributed by atoms with Gasteiger partial charge in [-0.05, 0) is 18.1 Å². The van der Waals surface area contributed by atoms with Crippen LogP contribution in [0.3, 0.4) is 0 Å². The highest BCUT2D eigenvalue weighted by Crippen LogP contribution is 2.33. The molecule has 0 aliphatic carbocycles. The van der Waals surface area contributed by atoms with Crippen LogP contribution in [0.25, 0.3) is 11.1 Å². The lowest BCUT2D eigenvalue weighted by Crippen LogP contribution is -2.00. The van der Waals surface area contributed by atoms with Gasteiger partial charge in [0.25, 0.3) is 0 Å². The van der Waals surface area contributed by atoms with Crippen LogP contribution in [-0.4, -0.2) is 6.61 Å². The van der Waals surface area contributed by atoms with Gasteiger partial charge in [-0.3, -0.25) is 0 Å². The lowest BCUT2D eigenvalue weighted by molar-refractivity contribution is 0.306. The van der Waals surface area contributed by atoms with Crippen LogP contribution in [0.1, 0.15) is 31.7 Å². The molecule has 2 aromatic carbocycles. The Labute approximate surface area is 120 Å². The Balaban J connectivity index is 2.30. The van der Waals surface area contributed by atoms with E-state index in [9.17, 15) is 5.26 Å². The first-order valence-corrected chi connectivity index (χ1v) is 7.08. The predicted molar refractivity (Wildman–Crippen MR) is 81.6 cm³/mol. The van der Waals surface area contributed by atoms with Crippen LogP contribution in [0.5, 0.6) is 5.75 Å². The van der Waals surface area contributed by atoms with Gasteiger partial charge in [-0.25, -0.2) is 0 Å². The third kappa shape index (κ3) is 3.39. The molecule has 2 aromatic rings. The van der Waals surface area contributed by atoms with Crippen molar-refractivity contribution in [3.63, 3.8) is 0 Å². The van der Waals surface area contributed by atoms with E-state index < -0.39 is 0 Å². The average Bonchev–Trinajstić information content (AvgIpc) is 2.52. The minimum absolute atomic E-state index is 0.600. The molecule has 0 amide bonds. The summed E-state index contributed by atoms with van der Waals surface area (Å²) in [4.78, 5) is 0. The standard InChI is InChI=1S/C18H19NO/c1-2-3-7-13-20-18-16(14-19)11-8-12-17(18)15-9-5-4-6-10-15/h4-6,8-12H,2-3,7,13H2,1H3. The maximum Gasteiger partial charge on any atom is 0.144 e. The fourth-order valence-corrected chi connectivity index (χ4v) is 2.15. The molecule has 0 bridgehead atoms. The molecule has 0 saturated carbocycles. The normalized spacial score (nSPS) is 10.0. The Morgan fingerprint density at radius 3 is 2.50 bits per heavy atom. The van der Waals surface area contributed by atoms with Gasteiger partial charge in [0.2, 0.25) is 0 Å². The van der Waals surface area contributed by atoms with E-state index in [0.29, 0.717) is 17.9 Å². The summed E-state index contributed by atoms with van der Waals surface area (Å²) in [5.41, 5.74) is 2.67. The molecule has 102 valence electrons. The highest BCUT2D eigenvalue weighted by Gasteiger charge is 2.11. The summed E-state index contributed by atoms with van der Waals surface area (Å²) >= 11 is 0. The summed E-state index contributed by atoms with van der Waals surface area (Å²) in [6, 6.07) is 18.0. The van der Waals surface area contributed by atoms with E-state index in [1.165, 1.54) is 0 Å². The molecule has 0 unspecified atom stereocenters. The quantitative estimate of drug-likeness (QED) is 0.703. The van der Waals surface area contributed by atoms with Gasteiger partial charge in [-0.2, -0.15) is 5.26 Å². The van der Waals surface area contributed by atoms with Gasteiger partial charge in [-0.15, -0.1) is 0 Å². The molecule has 0 heterocycles. The van der Waals surface area contributed by atoms with E-state index in [1.54, 1.807) is 0 Å². The molecule has 2 rings (SSSR count). The van der Waals surface area contributed by atoms with E-state index in [-0.39, 0.29) is 0 Å². The van der Waals surface area contributed by atoms with Crippen LogP contribution < -0.4 is 4.74 Å². The molecule has 2 nitrogen and oxygen atoms in total. The molecule has 0 atom stereocenters. The molecule has 0 aromatic heterocycles. The topological polar surface area (TPSA) is 33.0 Å². The number of hydrogen-bond donors (Lipinski definition) is 0. The molecule has 0 aliphatic rings. The second-order valence-electron chi connectivity index (χ2n) is 4.72. The Hall–Kier alpha value is -2.27. The molecular weight excluding hydrogens is 246 g/mol. The van der Waals surface area contributed by atoms with Crippen LogP contribution in [0.4, 0.5) is 0 Å². The van der Waals surface area contributed by atoms with Gasteiger partial charge in [0.05, 0.1) is 12.2 Å². The van der Waals surface area contributed by atoms with Crippen molar-refractivity contribution in [3.05, 3.63) is 54.1 Å².